The van der Waals surface area contributed by atoms with E-state index >= 15 is 0 Å². The van der Waals surface area contributed by atoms with Crippen LogP contribution in [0.3, 0.4) is 0 Å². The Hall–Kier alpha value is -2.01. The lowest BCUT2D eigenvalue weighted by molar-refractivity contribution is 0.601. The van der Waals surface area contributed by atoms with Crippen LogP contribution in [0.4, 0.5) is 11.4 Å². The molecule has 0 aliphatic rings. The summed E-state index contributed by atoms with van der Waals surface area (Å²) in [6.45, 7) is 3.64. The van der Waals surface area contributed by atoms with Gasteiger partial charge in [0.15, 0.2) is 0 Å². The molecule has 5 heteroatoms. The van der Waals surface area contributed by atoms with Gasteiger partial charge < -0.3 is 5.73 Å². The molecular weight excluding hydrogens is 260 g/mol. The maximum Gasteiger partial charge on any atom is 0.261 e. The molecule has 2 rings (SSSR count). The molecule has 0 heterocycles. The summed E-state index contributed by atoms with van der Waals surface area (Å²) in [6.07, 6.45) is 0. The third-order valence-electron chi connectivity index (χ3n) is 3.01. The highest BCUT2D eigenvalue weighted by Gasteiger charge is 2.16. The number of nitrogens with two attached hydrogens (primary N) is 1. The van der Waals surface area contributed by atoms with Gasteiger partial charge in [-0.05, 0) is 43.2 Å². The molecule has 0 saturated carbocycles. The Morgan fingerprint density at radius 3 is 2.26 bits per heavy atom. The molecule has 100 valence electrons. The van der Waals surface area contributed by atoms with E-state index in [-0.39, 0.29) is 4.90 Å². The maximum atomic E-state index is 12.3. The Balaban J connectivity index is 2.45. The smallest absolute Gasteiger partial charge is 0.261 e. The van der Waals surface area contributed by atoms with Gasteiger partial charge in [0.2, 0.25) is 0 Å². The topological polar surface area (TPSA) is 72.2 Å². The molecule has 0 unspecified atom stereocenters. The van der Waals surface area contributed by atoms with Crippen LogP contribution in [0.1, 0.15) is 11.1 Å². The molecule has 0 saturated heterocycles. The fourth-order valence-electron chi connectivity index (χ4n) is 1.81. The lowest BCUT2D eigenvalue weighted by Crippen LogP contribution is -2.15. The third-order valence-corrected chi connectivity index (χ3v) is 4.37. The average Bonchev–Trinajstić information content (AvgIpc) is 2.40. The first-order chi connectivity index (χ1) is 8.92. The fraction of sp³-hybridized carbons (Fsp3) is 0.143. The number of rotatable bonds is 3. The summed E-state index contributed by atoms with van der Waals surface area (Å²) in [7, 11) is -3.58. The van der Waals surface area contributed by atoms with Crippen molar-refractivity contribution in [2.75, 3.05) is 10.5 Å². The standard InChI is InChI=1S/C14H16N2O2S/c1-10-8-9-13(15)11(2)14(10)16-19(17,18)12-6-4-3-5-7-12/h3-9,16H,15H2,1-2H3. The van der Waals surface area contributed by atoms with E-state index in [0.717, 1.165) is 11.1 Å². The Bertz CT molecular complexity index is 695. The highest BCUT2D eigenvalue weighted by atomic mass is 32.2. The van der Waals surface area contributed by atoms with Gasteiger partial charge in [0.05, 0.1) is 10.6 Å². The number of hydrogen-bond donors (Lipinski definition) is 2. The monoisotopic (exact) mass is 276 g/mol. The normalized spacial score (nSPS) is 11.3. The number of nitrogens with one attached hydrogen (secondary N) is 1. The zero-order valence-corrected chi connectivity index (χ0v) is 11.7. The van der Waals surface area contributed by atoms with Crippen molar-refractivity contribution >= 4 is 21.4 Å². The van der Waals surface area contributed by atoms with Crippen molar-refractivity contribution in [3.8, 4) is 0 Å². The molecular formula is C14H16N2O2S. The number of aryl methyl sites for hydroxylation is 1. The Morgan fingerprint density at radius 1 is 1.00 bits per heavy atom. The third kappa shape index (κ3) is 2.71. The Kier molecular flexibility index (Phi) is 3.48. The Labute approximate surface area is 113 Å². The predicted molar refractivity (Wildman–Crippen MR) is 77.6 cm³/mol. The van der Waals surface area contributed by atoms with Gasteiger partial charge in [-0.3, -0.25) is 4.72 Å². The van der Waals surface area contributed by atoms with Crippen molar-refractivity contribution < 1.29 is 8.42 Å². The summed E-state index contributed by atoms with van der Waals surface area (Å²) in [5.74, 6) is 0. The van der Waals surface area contributed by atoms with Gasteiger partial charge in [0.25, 0.3) is 10.0 Å². The molecule has 0 radical (unpaired) electrons. The van der Waals surface area contributed by atoms with Crippen molar-refractivity contribution in [3.05, 3.63) is 53.6 Å². The number of nitrogen functional groups attached to an aromatic ring is 1. The van der Waals surface area contributed by atoms with Gasteiger partial charge in [-0.15, -0.1) is 0 Å². The van der Waals surface area contributed by atoms with Crippen LogP contribution in [0.25, 0.3) is 0 Å². The molecule has 2 aromatic rings. The lowest BCUT2D eigenvalue weighted by Gasteiger charge is -2.14. The van der Waals surface area contributed by atoms with Gasteiger partial charge in [-0.2, -0.15) is 0 Å². The molecule has 0 amide bonds. The van der Waals surface area contributed by atoms with E-state index < -0.39 is 10.0 Å². The summed E-state index contributed by atoms with van der Waals surface area (Å²) >= 11 is 0. The molecule has 2 aromatic carbocycles. The van der Waals surface area contributed by atoms with E-state index in [0.29, 0.717) is 11.4 Å². The first-order valence-electron chi connectivity index (χ1n) is 5.85. The van der Waals surface area contributed by atoms with Crippen LogP contribution in [0, 0.1) is 13.8 Å². The summed E-state index contributed by atoms with van der Waals surface area (Å²) < 4.78 is 27.1. The quantitative estimate of drug-likeness (QED) is 0.847. The zero-order valence-electron chi connectivity index (χ0n) is 10.8. The van der Waals surface area contributed by atoms with Gasteiger partial charge in [-0.1, -0.05) is 24.3 Å². The Morgan fingerprint density at radius 2 is 1.63 bits per heavy atom. The van der Waals surface area contributed by atoms with Crippen molar-refractivity contribution in [1.29, 1.82) is 0 Å². The maximum absolute atomic E-state index is 12.3. The van der Waals surface area contributed by atoms with Crippen LogP contribution in [0.2, 0.25) is 0 Å². The van der Waals surface area contributed by atoms with Crippen LogP contribution < -0.4 is 10.5 Å². The minimum atomic E-state index is -3.58. The van der Waals surface area contributed by atoms with Crippen LogP contribution in [0.5, 0.6) is 0 Å². The van der Waals surface area contributed by atoms with Crippen molar-refractivity contribution in [2.45, 2.75) is 18.7 Å². The van der Waals surface area contributed by atoms with Crippen molar-refractivity contribution in [2.24, 2.45) is 0 Å². The van der Waals surface area contributed by atoms with Gasteiger partial charge in [-0.25, -0.2) is 8.42 Å². The minimum absolute atomic E-state index is 0.233. The average molecular weight is 276 g/mol. The predicted octanol–water partition coefficient (Wildman–Crippen LogP) is 2.69. The molecule has 0 fully saturated rings. The number of hydrogen-bond acceptors (Lipinski definition) is 3. The van der Waals surface area contributed by atoms with E-state index in [4.69, 9.17) is 5.73 Å². The zero-order chi connectivity index (χ0) is 14.0. The molecule has 4 nitrogen and oxygen atoms in total. The second kappa shape index (κ2) is 4.93. The summed E-state index contributed by atoms with van der Waals surface area (Å²) in [4.78, 5) is 0.233. The first kappa shape index (κ1) is 13.4. The van der Waals surface area contributed by atoms with E-state index in [1.54, 1.807) is 49.4 Å². The van der Waals surface area contributed by atoms with Crippen LogP contribution >= 0.6 is 0 Å². The minimum Gasteiger partial charge on any atom is -0.398 e. The van der Waals surface area contributed by atoms with Gasteiger partial charge in [0, 0.05) is 5.69 Å². The highest BCUT2D eigenvalue weighted by molar-refractivity contribution is 7.92. The van der Waals surface area contributed by atoms with Crippen molar-refractivity contribution in [3.63, 3.8) is 0 Å². The van der Waals surface area contributed by atoms with Crippen LogP contribution in [-0.4, -0.2) is 8.42 Å². The molecule has 3 N–H and O–H groups in total. The van der Waals surface area contributed by atoms with Gasteiger partial charge >= 0.3 is 0 Å². The lowest BCUT2D eigenvalue weighted by atomic mass is 10.1. The van der Waals surface area contributed by atoms with E-state index in [1.807, 2.05) is 6.92 Å². The summed E-state index contributed by atoms with van der Waals surface area (Å²) in [5, 5.41) is 0. The highest BCUT2D eigenvalue weighted by Crippen LogP contribution is 2.27. The number of sulfonamides is 1. The first-order valence-corrected chi connectivity index (χ1v) is 7.33. The molecule has 0 aliphatic carbocycles. The molecule has 0 spiro atoms. The van der Waals surface area contributed by atoms with E-state index in [2.05, 4.69) is 4.72 Å². The molecule has 0 atom stereocenters. The molecule has 19 heavy (non-hydrogen) atoms. The fourth-order valence-corrected chi connectivity index (χ4v) is 3.03. The number of benzene rings is 2. The summed E-state index contributed by atoms with van der Waals surface area (Å²) in [5.41, 5.74) is 8.50. The van der Waals surface area contributed by atoms with Crippen LogP contribution in [0.15, 0.2) is 47.4 Å². The second-order valence-electron chi connectivity index (χ2n) is 4.39. The SMILES string of the molecule is Cc1ccc(N)c(C)c1NS(=O)(=O)c1ccccc1. The number of anilines is 2. The van der Waals surface area contributed by atoms with Crippen LogP contribution in [-0.2, 0) is 10.0 Å². The largest absolute Gasteiger partial charge is 0.398 e. The van der Waals surface area contributed by atoms with Crippen molar-refractivity contribution in [1.82, 2.24) is 0 Å². The molecule has 0 bridgehead atoms. The van der Waals surface area contributed by atoms with E-state index in [9.17, 15) is 8.42 Å². The second-order valence-corrected chi connectivity index (χ2v) is 6.07. The van der Waals surface area contributed by atoms with Gasteiger partial charge in [0.1, 0.15) is 0 Å². The molecule has 0 aromatic heterocycles. The van der Waals surface area contributed by atoms with E-state index in [1.165, 1.54) is 0 Å². The molecule has 0 aliphatic heterocycles. The summed E-state index contributed by atoms with van der Waals surface area (Å²) in [6, 6.07) is 11.8.